The highest BCUT2D eigenvalue weighted by Crippen LogP contribution is 2.14. The fourth-order valence-corrected chi connectivity index (χ4v) is 1.52. The summed E-state index contributed by atoms with van der Waals surface area (Å²) in [6.45, 7) is 3.01. The number of aromatic nitrogens is 1. The van der Waals surface area contributed by atoms with Gasteiger partial charge in [-0.2, -0.15) is 0 Å². The lowest BCUT2D eigenvalue weighted by molar-refractivity contribution is 0.862. The Morgan fingerprint density at radius 3 is 2.92 bits per heavy atom. The van der Waals surface area contributed by atoms with Crippen LogP contribution in [-0.4, -0.2) is 4.57 Å². The van der Waals surface area contributed by atoms with Gasteiger partial charge in [-0.05, 0) is 24.4 Å². The molecule has 0 bridgehead atoms. The van der Waals surface area contributed by atoms with Crippen molar-refractivity contribution in [2.24, 2.45) is 0 Å². The fourth-order valence-electron chi connectivity index (χ4n) is 1.52. The zero-order chi connectivity index (χ0) is 9.10. The van der Waals surface area contributed by atoms with Crippen molar-refractivity contribution in [1.29, 1.82) is 0 Å². The normalized spacial score (nSPS) is 11.5. The Morgan fingerprint density at radius 1 is 1.23 bits per heavy atom. The maximum Gasteiger partial charge on any atom is 0.0483 e. The van der Waals surface area contributed by atoms with E-state index in [2.05, 4.69) is 53.2 Å². The lowest BCUT2D eigenvalue weighted by Crippen LogP contribution is -1.91. The van der Waals surface area contributed by atoms with Crippen molar-refractivity contribution in [2.45, 2.75) is 13.5 Å². The standard InChI is InChI=1S/C12H13N/c1-2-3-9-13-10-8-11-6-4-5-7-12(11)13/h2-8,10H,9H2,1H3/b3-2+. The Balaban J connectivity index is 2.45. The number of hydrogen-bond donors (Lipinski definition) is 0. The molecule has 0 amide bonds. The van der Waals surface area contributed by atoms with Crippen molar-refractivity contribution in [3.8, 4) is 0 Å². The van der Waals surface area contributed by atoms with Crippen molar-refractivity contribution in [3.05, 3.63) is 48.7 Å². The van der Waals surface area contributed by atoms with Crippen molar-refractivity contribution < 1.29 is 0 Å². The van der Waals surface area contributed by atoms with Crippen molar-refractivity contribution >= 4 is 10.9 Å². The van der Waals surface area contributed by atoms with E-state index < -0.39 is 0 Å². The van der Waals surface area contributed by atoms with Crippen molar-refractivity contribution in [3.63, 3.8) is 0 Å². The van der Waals surface area contributed by atoms with Crippen LogP contribution in [0.2, 0.25) is 0 Å². The molecule has 0 N–H and O–H groups in total. The molecule has 1 heterocycles. The van der Waals surface area contributed by atoms with Crippen LogP contribution in [0.3, 0.4) is 0 Å². The maximum atomic E-state index is 2.25. The lowest BCUT2D eigenvalue weighted by Gasteiger charge is -1.99. The molecule has 0 saturated carbocycles. The van der Waals surface area contributed by atoms with E-state index in [1.54, 1.807) is 0 Å². The molecule has 0 saturated heterocycles. The highest BCUT2D eigenvalue weighted by atomic mass is 14.9. The molecule has 13 heavy (non-hydrogen) atoms. The summed E-state index contributed by atoms with van der Waals surface area (Å²) >= 11 is 0. The molecule has 2 aromatic rings. The molecular weight excluding hydrogens is 158 g/mol. The van der Waals surface area contributed by atoms with E-state index in [1.807, 2.05) is 6.92 Å². The van der Waals surface area contributed by atoms with Gasteiger partial charge in [0.05, 0.1) is 0 Å². The summed E-state index contributed by atoms with van der Waals surface area (Å²) in [7, 11) is 0. The predicted octanol–water partition coefficient (Wildman–Crippen LogP) is 3.22. The van der Waals surface area contributed by atoms with Crippen LogP contribution in [0.1, 0.15) is 6.92 Å². The number of para-hydroxylation sites is 1. The topological polar surface area (TPSA) is 4.93 Å². The zero-order valence-electron chi connectivity index (χ0n) is 7.77. The smallest absolute Gasteiger partial charge is 0.0483 e. The van der Waals surface area contributed by atoms with Crippen molar-refractivity contribution in [2.75, 3.05) is 0 Å². The van der Waals surface area contributed by atoms with Gasteiger partial charge in [0.2, 0.25) is 0 Å². The number of nitrogens with zero attached hydrogens (tertiary/aromatic N) is 1. The maximum absolute atomic E-state index is 2.25. The summed E-state index contributed by atoms with van der Waals surface area (Å²) in [6, 6.07) is 10.6. The predicted molar refractivity (Wildman–Crippen MR) is 56.8 cm³/mol. The first-order chi connectivity index (χ1) is 6.42. The zero-order valence-corrected chi connectivity index (χ0v) is 7.77. The van der Waals surface area contributed by atoms with Crippen molar-refractivity contribution in [1.82, 2.24) is 4.57 Å². The van der Waals surface area contributed by atoms with Gasteiger partial charge in [-0.3, -0.25) is 0 Å². The Bertz CT molecular complexity index is 423. The van der Waals surface area contributed by atoms with Crippen LogP contribution in [0.5, 0.6) is 0 Å². The number of benzene rings is 1. The fraction of sp³-hybridized carbons (Fsp3) is 0.167. The van der Waals surface area contributed by atoms with Crippen LogP contribution in [0.15, 0.2) is 48.7 Å². The molecule has 0 atom stereocenters. The molecule has 0 unspecified atom stereocenters. The minimum absolute atomic E-state index is 0.962. The monoisotopic (exact) mass is 171 g/mol. The molecule has 0 spiro atoms. The van der Waals surface area contributed by atoms with E-state index in [-0.39, 0.29) is 0 Å². The third-order valence-electron chi connectivity index (χ3n) is 2.22. The van der Waals surface area contributed by atoms with Gasteiger partial charge in [0.25, 0.3) is 0 Å². The molecule has 0 aliphatic carbocycles. The Morgan fingerprint density at radius 2 is 2.08 bits per heavy atom. The molecule has 0 radical (unpaired) electrons. The van der Waals surface area contributed by atoms with Crippen LogP contribution < -0.4 is 0 Å². The van der Waals surface area contributed by atoms with Gasteiger partial charge in [0.15, 0.2) is 0 Å². The van der Waals surface area contributed by atoms with Crippen LogP contribution in [0, 0.1) is 0 Å². The molecule has 1 nitrogen and oxygen atoms in total. The Kier molecular flexibility index (Phi) is 2.17. The summed E-state index contributed by atoms with van der Waals surface area (Å²) in [6.07, 6.45) is 6.37. The largest absolute Gasteiger partial charge is 0.344 e. The molecule has 1 aromatic heterocycles. The third-order valence-corrected chi connectivity index (χ3v) is 2.22. The van der Waals surface area contributed by atoms with Gasteiger partial charge in [-0.1, -0.05) is 30.4 Å². The molecule has 1 aromatic carbocycles. The second-order valence-electron chi connectivity index (χ2n) is 3.10. The number of rotatable bonds is 2. The van der Waals surface area contributed by atoms with Gasteiger partial charge >= 0.3 is 0 Å². The van der Waals surface area contributed by atoms with Gasteiger partial charge < -0.3 is 4.57 Å². The third kappa shape index (κ3) is 1.50. The van der Waals surface area contributed by atoms with E-state index in [0.717, 1.165) is 6.54 Å². The van der Waals surface area contributed by atoms with Gasteiger partial charge in [-0.15, -0.1) is 0 Å². The van der Waals surface area contributed by atoms with Crippen LogP contribution >= 0.6 is 0 Å². The van der Waals surface area contributed by atoms with Gasteiger partial charge in [-0.25, -0.2) is 0 Å². The summed E-state index contributed by atoms with van der Waals surface area (Å²) in [4.78, 5) is 0. The number of fused-ring (bicyclic) bond motifs is 1. The summed E-state index contributed by atoms with van der Waals surface area (Å²) < 4.78 is 2.25. The van der Waals surface area contributed by atoms with E-state index in [9.17, 15) is 0 Å². The molecule has 0 aliphatic rings. The Hall–Kier alpha value is -1.50. The van der Waals surface area contributed by atoms with E-state index >= 15 is 0 Å². The second-order valence-corrected chi connectivity index (χ2v) is 3.10. The SMILES string of the molecule is C/C=C/Cn1ccc2ccccc21. The summed E-state index contributed by atoms with van der Waals surface area (Å²) in [5.74, 6) is 0. The first kappa shape index (κ1) is 8.11. The Labute approximate surface area is 78.3 Å². The van der Waals surface area contributed by atoms with E-state index in [4.69, 9.17) is 0 Å². The molecule has 0 aliphatic heterocycles. The number of allylic oxidation sites excluding steroid dienone is 2. The molecular formula is C12H13N. The first-order valence-electron chi connectivity index (χ1n) is 4.57. The quantitative estimate of drug-likeness (QED) is 0.611. The highest BCUT2D eigenvalue weighted by Gasteiger charge is 1.96. The molecule has 1 heteroatoms. The van der Waals surface area contributed by atoms with Gasteiger partial charge in [0.1, 0.15) is 0 Å². The highest BCUT2D eigenvalue weighted by molar-refractivity contribution is 5.79. The molecule has 66 valence electrons. The summed E-state index contributed by atoms with van der Waals surface area (Å²) in [5.41, 5.74) is 1.31. The van der Waals surface area contributed by atoms with Crippen LogP contribution in [0.4, 0.5) is 0 Å². The van der Waals surface area contributed by atoms with Crippen LogP contribution in [0.25, 0.3) is 10.9 Å². The average Bonchev–Trinajstić information content (AvgIpc) is 2.58. The van der Waals surface area contributed by atoms with E-state index in [1.165, 1.54) is 10.9 Å². The lowest BCUT2D eigenvalue weighted by atomic mass is 10.2. The number of hydrogen-bond acceptors (Lipinski definition) is 0. The van der Waals surface area contributed by atoms with Gasteiger partial charge in [0, 0.05) is 18.3 Å². The molecule has 2 rings (SSSR count). The minimum atomic E-state index is 0.962. The molecule has 0 fully saturated rings. The first-order valence-corrected chi connectivity index (χ1v) is 4.57. The second kappa shape index (κ2) is 3.48. The van der Waals surface area contributed by atoms with Crippen LogP contribution in [-0.2, 0) is 6.54 Å². The summed E-state index contributed by atoms with van der Waals surface area (Å²) in [5, 5.41) is 1.31. The average molecular weight is 171 g/mol. The van der Waals surface area contributed by atoms with E-state index in [0.29, 0.717) is 0 Å². The minimum Gasteiger partial charge on any atom is -0.344 e.